The van der Waals surface area contributed by atoms with Gasteiger partial charge >= 0.3 is 0 Å². The number of nitrogens with two attached hydrogens (primary N) is 1. The molecule has 6 nitrogen and oxygen atoms in total. The second-order valence-corrected chi connectivity index (χ2v) is 5.05. The molecular weight excluding hydrogens is 234 g/mol. The minimum atomic E-state index is -0.729. The van der Waals surface area contributed by atoms with E-state index in [2.05, 4.69) is 10.6 Å². The van der Waals surface area contributed by atoms with Crippen LogP contribution in [0.2, 0.25) is 0 Å². The Labute approximate surface area is 108 Å². The number of hydrogen-bond acceptors (Lipinski definition) is 3. The molecule has 0 aromatic rings. The van der Waals surface area contributed by atoms with Gasteiger partial charge in [-0.25, -0.2) is 0 Å². The molecule has 0 saturated heterocycles. The van der Waals surface area contributed by atoms with Crippen LogP contribution in [-0.4, -0.2) is 29.8 Å². The summed E-state index contributed by atoms with van der Waals surface area (Å²) in [5, 5.41) is 5.13. The second-order valence-electron chi connectivity index (χ2n) is 5.05. The van der Waals surface area contributed by atoms with E-state index in [0.717, 1.165) is 0 Å². The Balaban J connectivity index is 4.77. The average Bonchev–Trinajstić information content (AvgIpc) is 2.20. The maximum Gasteiger partial charge on any atom is 0.243 e. The molecule has 3 amide bonds. The first kappa shape index (κ1) is 16.4. The van der Waals surface area contributed by atoms with Gasteiger partial charge in [-0.1, -0.05) is 27.7 Å². The molecule has 18 heavy (non-hydrogen) atoms. The van der Waals surface area contributed by atoms with Crippen LogP contribution in [0.5, 0.6) is 0 Å². The van der Waals surface area contributed by atoms with E-state index in [1.54, 1.807) is 13.8 Å². The van der Waals surface area contributed by atoms with Gasteiger partial charge in [0.2, 0.25) is 17.7 Å². The van der Waals surface area contributed by atoms with Gasteiger partial charge in [-0.15, -0.1) is 0 Å². The third-order valence-corrected chi connectivity index (χ3v) is 2.58. The average molecular weight is 257 g/mol. The van der Waals surface area contributed by atoms with Crippen molar-refractivity contribution in [3.05, 3.63) is 0 Å². The number of primary amides is 1. The number of nitrogens with one attached hydrogen (secondary N) is 2. The van der Waals surface area contributed by atoms with Gasteiger partial charge in [0.15, 0.2) is 0 Å². The van der Waals surface area contributed by atoms with Crippen molar-refractivity contribution in [2.24, 2.45) is 17.6 Å². The van der Waals surface area contributed by atoms with E-state index in [9.17, 15) is 14.4 Å². The number of carbonyl (C=O) groups is 3. The molecule has 0 aliphatic carbocycles. The second kappa shape index (κ2) is 6.98. The predicted molar refractivity (Wildman–Crippen MR) is 68.4 cm³/mol. The highest BCUT2D eigenvalue weighted by molar-refractivity contribution is 5.91. The van der Waals surface area contributed by atoms with E-state index < -0.39 is 23.9 Å². The molecule has 0 saturated carbocycles. The van der Waals surface area contributed by atoms with Crippen molar-refractivity contribution in [1.29, 1.82) is 0 Å². The normalized spacial score (nSPS) is 14.2. The van der Waals surface area contributed by atoms with Gasteiger partial charge in [0, 0.05) is 6.92 Å². The number of carbonyl (C=O) groups excluding carboxylic acids is 3. The molecule has 0 aromatic heterocycles. The minimum absolute atomic E-state index is 0.0745. The van der Waals surface area contributed by atoms with Crippen molar-refractivity contribution in [3.63, 3.8) is 0 Å². The SMILES string of the molecule is CC(=O)NC(C(=O)NC(C(N)=O)C(C)C)C(C)C. The van der Waals surface area contributed by atoms with E-state index in [4.69, 9.17) is 5.73 Å². The van der Waals surface area contributed by atoms with Gasteiger partial charge in [0.25, 0.3) is 0 Å². The first-order valence-corrected chi connectivity index (χ1v) is 6.03. The van der Waals surface area contributed by atoms with Crippen LogP contribution in [0.1, 0.15) is 34.6 Å². The third-order valence-electron chi connectivity index (χ3n) is 2.58. The van der Waals surface area contributed by atoms with Crippen molar-refractivity contribution in [1.82, 2.24) is 10.6 Å². The standard InChI is InChI=1S/C12H23N3O3/c1-6(2)9(11(13)17)15-12(18)10(7(3)4)14-8(5)16/h6-7,9-10H,1-5H3,(H2,13,17)(H,14,16)(H,15,18). The molecule has 0 radical (unpaired) electrons. The van der Waals surface area contributed by atoms with Gasteiger partial charge in [0.1, 0.15) is 12.1 Å². The highest BCUT2D eigenvalue weighted by atomic mass is 16.2. The third kappa shape index (κ3) is 5.16. The van der Waals surface area contributed by atoms with Crippen molar-refractivity contribution in [2.75, 3.05) is 0 Å². The van der Waals surface area contributed by atoms with Crippen LogP contribution >= 0.6 is 0 Å². The van der Waals surface area contributed by atoms with Crippen LogP contribution in [0.15, 0.2) is 0 Å². The lowest BCUT2D eigenvalue weighted by molar-refractivity contribution is -0.132. The highest BCUT2D eigenvalue weighted by Crippen LogP contribution is 2.05. The Kier molecular flexibility index (Phi) is 6.36. The van der Waals surface area contributed by atoms with Crippen LogP contribution < -0.4 is 16.4 Å². The Hall–Kier alpha value is -1.59. The van der Waals surface area contributed by atoms with Crippen molar-refractivity contribution >= 4 is 17.7 Å². The zero-order chi connectivity index (χ0) is 14.5. The monoisotopic (exact) mass is 257 g/mol. The van der Waals surface area contributed by atoms with E-state index in [-0.39, 0.29) is 17.7 Å². The summed E-state index contributed by atoms with van der Waals surface area (Å²) in [4.78, 5) is 34.3. The maximum atomic E-state index is 12.0. The fraction of sp³-hybridized carbons (Fsp3) is 0.750. The van der Waals surface area contributed by atoms with Crippen LogP contribution in [0.3, 0.4) is 0 Å². The van der Waals surface area contributed by atoms with Crippen LogP contribution in [0, 0.1) is 11.8 Å². The lowest BCUT2D eigenvalue weighted by Gasteiger charge is -2.25. The van der Waals surface area contributed by atoms with Crippen LogP contribution in [0.4, 0.5) is 0 Å². The van der Waals surface area contributed by atoms with E-state index in [0.29, 0.717) is 0 Å². The van der Waals surface area contributed by atoms with E-state index in [1.165, 1.54) is 6.92 Å². The summed E-state index contributed by atoms with van der Waals surface area (Å²) in [7, 11) is 0. The quantitative estimate of drug-likeness (QED) is 0.612. The van der Waals surface area contributed by atoms with Gasteiger partial charge in [-0.3, -0.25) is 14.4 Å². The molecule has 104 valence electrons. The van der Waals surface area contributed by atoms with Crippen LogP contribution in [0.25, 0.3) is 0 Å². The van der Waals surface area contributed by atoms with Gasteiger partial charge < -0.3 is 16.4 Å². The van der Waals surface area contributed by atoms with Crippen molar-refractivity contribution in [3.8, 4) is 0 Å². The summed E-state index contributed by atoms with van der Waals surface area (Å²) in [6.45, 7) is 8.55. The summed E-state index contributed by atoms with van der Waals surface area (Å²) in [6.07, 6.45) is 0. The van der Waals surface area contributed by atoms with E-state index in [1.807, 2.05) is 13.8 Å². The fourth-order valence-electron chi connectivity index (χ4n) is 1.56. The summed E-state index contributed by atoms with van der Waals surface area (Å²) in [6, 6.07) is -1.39. The first-order chi connectivity index (χ1) is 8.16. The van der Waals surface area contributed by atoms with Gasteiger partial charge in [-0.05, 0) is 11.8 Å². The summed E-state index contributed by atoms with van der Waals surface area (Å²) in [5.41, 5.74) is 5.22. The lowest BCUT2D eigenvalue weighted by atomic mass is 10.00. The summed E-state index contributed by atoms with van der Waals surface area (Å²) in [5.74, 6) is -1.43. The molecule has 0 fully saturated rings. The molecule has 0 heterocycles. The molecule has 0 bridgehead atoms. The molecule has 4 N–H and O–H groups in total. The zero-order valence-electron chi connectivity index (χ0n) is 11.6. The highest BCUT2D eigenvalue weighted by Gasteiger charge is 2.28. The first-order valence-electron chi connectivity index (χ1n) is 6.03. The zero-order valence-corrected chi connectivity index (χ0v) is 11.6. The molecule has 2 unspecified atom stereocenters. The molecule has 0 aliphatic heterocycles. The molecule has 0 rings (SSSR count). The Morgan fingerprint density at radius 2 is 1.33 bits per heavy atom. The maximum absolute atomic E-state index is 12.0. The molecule has 6 heteroatoms. The largest absolute Gasteiger partial charge is 0.368 e. The van der Waals surface area contributed by atoms with E-state index >= 15 is 0 Å². The molecule has 0 spiro atoms. The molecule has 2 atom stereocenters. The van der Waals surface area contributed by atoms with Crippen LogP contribution in [-0.2, 0) is 14.4 Å². The van der Waals surface area contributed by atoms with Crippen molar-refractivity contribution < 1.29 is 14.4 Å². The molecule has 0 aliphatic rings. The number of rotatable bonds is 6. The number of hydrogen-bond donors (Lipinski definition) is 3. The van der Waals surface area contributed by atoms with Gasteiger partial charge in [0.05, 0.1) is 0 Å². The summed E-state index contributed by atoms with van der Waals surface area (Å²) >= 11 is 0. The Morgan fingerprint density at radius 1 is 0.889 bits per heavy atom. The fourth-order valence-corrected chi connectivity index (χ4v) is 1.56. The minimum Gasteiger partial charge on any atom is -0.368 e. The molecule has 0 aromatic carbocycles. The number of amides is 3. The lowest BCUT2D eigenvalue weighted by Crippen LogP contribution is -2.55. The molecular formula is C12H23N3O3. The summed E-state index contributed by atoms with van der Waals surface area (Å²) < 4.78 is 0. The predicted octanol–water partition coefficient (Wildman–Crippen LogP) is -0.227. The topological polar surface area (TPSA) is 101 Å². The smallest absolute Gasteiger partial charge is 0.243 e. The van der Waals surface area contributed by atoms with Crippen molar-refractivity contribution in [2.45, 2.75) is 46.7 Å². The Bertz CT molecular complexity index is 327. The van der Waals surface area contributed by atoms with Gasteiger partial charge in [-0.2, -0.15) is 0 Å². The Morgan fingerprint density at radius 3 is 1.61 bits per heavy atom.